The molecule has 96 valence electrons. The first kappa shape index (κ1) is 12.8. The Balaban J connectivity index is 2.26. The lowest BCUT2D eigenvalue weighted by molar-refractivity contribution is 0.474. The van der Waals surface area contributed by atoms with Crippen molar-refractivity contribution in [3.8, 4) is 5.75 Å². The number of nitrogens with zero attached hydrogens (tertiary/aromatic N) is 2. The van der Waals surface area contributed by atoms with Gasteiger partial charge in [0.2, 0.25) is 0 Å². The molecular weight excluding hydrogens is 246 g/mol. The van der Waals surface area contributed by atoms with Gasteiger partial charge in [0.15, 0.2) is 4.77 Å². The van der Waals surface area contributed by atoms with Crippen LogP contribution in [0.25, 0.3) is 0 Å². The van der Waals surface area contributed by atoms with Crippen LogP contribution in [0.15, 0.2) is 24.3 Å². The summed E-state index contributed by atoms with van der Waals surface area (Å²) in [6.07, 6.45) is 0.661. The summed E-state index contributed by atoms with van der Waals surface area (Å²) >= 11 is 5.23. The fourth-order valence-electron chi connectivity index (χ4n) is 1.89. The van der Waals surface area contributed by atoms with Crippen LogP contribution < -0.4 is 0 Å². The summed E-state index contributed by atoms with van der Waals surface area (Å²) in [5.41, 5.74) is 1.02. The third-order valence-electron chi connectivity index (χ3n) is 2.66. The van der Waals surface area contributed by atoms with Crippen LogP contribution >= 0.6 is 12.2 Å². The number of H-pyrrole nitrogens is 1. The number of rotatable bonds is 4. The molecule has 0 saturated carbocycles. The van der Waals surface area contributed by atoms with Crippen LogP contribution in [-0.4, -0.2) is 19.9 Å². The van der Waals surface area contributed by atoms with Gasteiger partial charge >= 0.3 is 0 Å². The third-order valence-corrected chi connectivity index (χ3v) is 2.97. The van der Waals surface area contributed by atoms with E-state index in [1.54, 1.807) is 12.1 Å². The highest BCUT2D eigenvalue weighted by Crippen LogP contribution is 2.15. The zero-order valence-electron chi connectivity index (χ0n) is 10.6. The van der Waals surface area contributed by atoms with E-state index in [9.17, 15) is 5.11 Å². The number of phenols is 1. The van der Waals surface area contributed by atoms with E-state index in [4.69, 9.17) is 12.2 Å². The van der Waals surface area contributed by atoms with Crippen molar-refractivity contribution >= 4 is 12.2 Å². The van der Waals surface area contributed by atoms with Gasteiger partial charge < -0.3 is 9.67 Å². The second-order valence-corrected chi connectivity index (χ2v) is 5.18. The smallest absolute Gasteiger partial charge is 0.195 e. The fraction of sp³-hybridized carbons (Fsp3) is 0.385. The highest BCUT2D eigenvalue weighted by atomic mass is 32.1. The minimum atomic E-state index is 0.275. The molecule has 0 unspecified atom stereocenters. The standard InChI is InChI=1S/C13H17N3OS/c1-9(2)8-16-12(14-15-13(16)18)7-10-4-3-5-11(17)6-10/h3-6,9,17H,7-8H2,1-2H3,(H,15,18). The number of nitrogens with one attached hydrogen (secondary N) is 1. The maximum absolute atomic E-state index is 9.46. The first-order valence-corrected chi connectivity index (χ1v) is 6.39. The molecule has 0 bridgehead atoms. The lowest BCUT2D eigenvalue weighted by atomic mass is 10.1. The number of aromatic hydroxyl groups is 1. The Morgan fingerprint density at radius 1 is 1.44 bits per heavy atom. The summed E-state index contributed by atoms with van der Waals surface area (Å²) in [5, 5.41) is 16.5. The van der Waals surface area contributed by atoms with E-state index in [1.807, 2.05) is 16.7 Å². The van der Waals surface area contributed by atoms with Gasteiger partial charge in [-0.2, -0.15) is 5.10 Å². The summed E-state index contributed by atoms with van der Waals surface area (Å²) in [6.45, 7) is 5.14. The maximum atomic E-state index is 9.46. The molecule has 1 heterocycles. The molecule has 1 aromatic heterocycles. The highest BCUT2D eigenvalue weighted by Gasteiger charge is 2.08. The molecule has 2 N–H and O–H groups in total. The number of aromatic nitrogens is 3. The molecule has 0 atom stereocenters. The van der Waals surface area contributed by atoms with E-state index in [1.165, 1.54) is 0 Å². The summed E-state index contributed by atoms with van der Waals surface area (Å²) in [7, 11) is 0. The highest BCUT2D eigenvalue weighted by molar-refractivity contribution is 7.71. The van der Waals surface area contributed by atoms with E-state index < -0.39 is 0 Å². The van der Waals surface area contributed by atoms with Crippen LogP contribution in [0.1, 0.15) is 25.2 Å². The molecule has 0 amide bonds. The first-order chi connectivity index (χ1) is 8.56. The molecule has 0 aliphatic rings. The van der Waals surface area contributed by atoms with Gasteiger partial charge in [-0.3, -0.25) is 5.10 Å². The van der Waals surface area contributed by atoms with Crippen molar-refractivity contribution in [1.82, 2.24) is 14.8 Å². The zero-order valence-corrected chi connectivity index (χ0v) is 11.4. The molecule has 2 rings (SSSR count). The predicted molar refractivity (Wildman–Crippen MR) is 73.2 cm³/mol. The number of hydrogen-bond donors (Lipinski definition) is 2. The van der Waals surface area contributed by atoms with Crippen molar-refractivity contribution in [2.24, 2.45) is 5.92 Å². The third kappa shape index (κ3) is 2.98. The molecule has 5 heteroatoms. The Morgan fingerprint density at radius 3 is 2.89 bits per heavy atom. The van der Waals surface area contributed by atoms with Crippen LogP contribution in [0.3, 0.4) is 0 Å². The minimum Gasteiger partial charge on any atom is -0.508 e. The summed E-state index contributed by atoms with van der Waals surface area (Å²) in [4.78, 5) is 0. The Labute approximate surface area is 111 Å². The molecule has 0 saturated heterocycles. The molecule has 0 radical (unpaired) electrons. The lowest BCUT2D eigenvalue weighted by Gasteiger charge is -2.09. The van der Waals surface area contributed by atoms with Crippen LogP contribution in [-0.2, 0) is 13.0 Å². The van der Waals surface area contributed by atoms with Gasteiger partial charge in [-0.15, -0.1) is 0 Å². The molecule has 18 heavy (non-hydrogen) atoms. The van der Waals surface area contributed by atoms with Crippen LogP contribution in [0.4, 0.5) is 0 Å². The SMILES string of the molecule is CC(C)Cn1c(Cc2cccc(O)c2)n[nH]c1=S. The van der Waals surface area contributed by atoms with Crippen molar-refractivity contribution in [3.63, 3.8) is 0 Å². The maximum Gasteiger partial charge on any atom is 0.195 e. The summed E-state index contributed by atoms with van der Waals surface area (Å²) < 4.78 is 2.67. The summed E-state index contributed by atoms with van der Waals surface area (Å²) in [5.74, 6) is 1.69. The van der Waals surface area contributed by atoms with Gasteiger partial charge in [0.05, 0.1) is 0 Å². The molecule has 0 spiro atoms. The Bertz CT molecular complexity index is 586. The van der Waals surface area contributed by atoms with Crippen LogP contribution in [0.2, 0.25) is 0 Å². The number of hydrogen-bond acceptors (Lipinski definition) is 3. The molecular formula is C13H17N3OS. The van der Waals surface area contributed by atoms with Gasteiger partial charge in [-0.05, 0) is 35.8 Å². The van der Waals surface area contributed by atoms with Crippen LogP contribution in [0.5, 0.6) is 5.75 Å². The predicted octanol–water partition coefficient (Wildman–Crippen LogP) is 2.89. The minimum absolute atomic E-state index is 0.275. The Hall–Kier alpha value is -1.62. The topological polar surface area (TPSA) is 53.8 Å². The van der Waals surface area contributed by atoms with E-state index in [2.05, 4.69) is 24.0 Å². The van der Waals surface area contributed by atoms with Crippen molar-refractivity contribution in [1.29, 1.82) is 0 Å². The Morgan fingerprint density at radius 2 is 2.22 bits per heavy atom. The second kappa shape index (κ2) is 5.35. The normalized spacial score (nSPS) is 11.1. The van der Waals surface area contributed by atoms with E-state index in [0.29, 0.717) is 17.1 Å². The Kier molecular flexibility index (Phi) is 3.81. The van der Waals surface area contributed by atoms with E-state index >= 15 is 0 Å². The first-order valence-electron chi connectivity index (χ1n) is 5.98. The largest absolute Gasteiger partial charge is 0.508 e. The number of phenolic OH excluding ortho intramolecular Hbond substituents is 1. The quantitative estimate of drug-likeness (QED) is 0.834. The second-order valence-electron chi connectivity index (χ2n) is 4.80. The molecule has 0 aliphatic heterocycles. The molecule has 0 fully saturated rings. The van der Waals surface area contributed by atoms with Crippen LogP contribution in [0, 0.1) is 10.7 Å². The summed E-state index contributed by atoms with van der Waals surface area (Å²) in [6, 6.07) is 7.21. The average molecular weight is 263 g/mol. The van der Waals surface area contributed by atoms with Gasteiger partial charge in [-0.25, -0.2) is 0 Å². The number of benzene rings is 1. The van der Waals surface area contributed by atoms with Gasteiger partial charge in [0.1, 0.15) is 11.6 Å². The van der Waals surface area contributed by atoms with Crippen molar-refractivity contribution in [2.75, 3.05) is 0 Å². The van der Waals surface area contributed by atoms with Gasteiger partial charge in [0.25, 0.3) is 0 Å². The van der Waals surface area contributed by atoms with E-state index in [0.717, 1.165) is 17.9 Å². The van der Waals surface area contributed by atoms with Gasteiger partial charge in [0, 0.05) is 13.0 Å². The molecule has 2 aromatic rings. The van der Waals surface area contributed by atoms with Crippen molar-refractivity contribution < 1.29 is 5.11 Å². The lowest BCUT2D eigenvalue weighted by Crippen LogP contribution is -2.09. The molecule has 1 aromatic carbocycles. The molecule has 0 aliphatic carbocycles. The monoisotopic (exact) mass is 263 g/mol. The zero-order chi connectivity index (χ0) is 13.1. The van der Waals surface area contributed by atoms with Crippen molar-refractivity contribution in [3.05, 3.63) is 40.4 Å². The fourth-order valence-corrected chi connectivity index (χ4v) is 2.11. The van der Waals surface area contributed by atoms with Crippen molar-refractivity contribution in [2.45, 2.75) is 26.8 Å². The number of aromatic amines is 1. The van der Waals surface area contributed by atoms with Gasteiger partial charge in [-0.1, -0.05) is 26.0 Å². The molecule has 4 nitrogen and oxygen atoms in total. The average Bonchev–Trinajstić information content (AvgIpc) is 2.61. The van der Waals surface area contributed by atoms with E-state index in [-0.39, 0.29) is 5.75 Å².